The van der Waals surface area contributed by atoms with E-state index in [0.29, 0.717) is 23.4 Å². The minimum Gasteiger partial charge on any atom is -0.312 e. The van der Waals surface area contributed by atoms with E-state index in [2.05, 4.69) is 14.8 Å². The fraction of sp³-hybridized carbons (Fsp3) is 0.375. The summed E-state index contributed by atoms with van der Waals surface area (Å²) >= 11 is 7.93. The molecule has 0 bridgehead atoms. The smallest absolute Gasteiger partial charge is 0.237 e. The van der Waals surface area contributed by atoms with Gasteiger partial charge >= 0.3 is 0 Å². The molecule has 7 heteroatoms. The quantitative estimate of drug-likeness (QED) is 0.401. The van der Waals surface area contributed by atoms with E-state index in [9.17, 15) is 4.79 Å². The van der Waals surface area contributed by atoms with Crippen LogP contribution in [-0.2, 0) is 4.79 Å². The molecule has 3 aromatic rings. The lowest BCUT2D eigenvalue weighted by atomic mass is 10.2. The van der Waals surface area contributed by atoms with Gasteiger partial charge < -0.3 is 4.90 Å². The van der Waals surface area contributed by atoms with Crippen molar-refractivity contribution in [2.24, 2.45) is 0 Å². The zero-order valence-electron chi connectivity index (χ0n) is 17.9. The van der Waals surface area contributed by atoms with E-state index in [-0.39, 0.29) is 5.91 Å². The number of para-hydroxylation sites is 1. The minimum absolute atomic E-state index is 0.0714. The van der Waals surface area contributed by atoms with Crippen molar-refractivity contribution in [3.05, 3.63) is 59.1 Å². The first-order valence-corrected chi connectivity index (χ1v) is 12.1. The van der Waals surface area contributed by atoms with Gasteiger partial charge in [-0.3, -0.25) is 9.36 Å². The number of thioether (sulfide) groups is 1. The molecular weight excluding hydrogens is 428 g/mol. The van der Waals surface area contributed by atoms with Gasteiger partial charge in [0.25, 0.3) is 0 Å². The van der Waals surface area contributed by atoms with Crippen LogP contribution >= 0.6 is 23.4 Å². The number of hydrogen-bond acceptors (Lipinski definition) is 4. The Balaban J connectivity index is 1.59. The van der Waals surface area contributed by atoms with E-state index in [0.717, 1.165) is 40.6 Å². The summed E-state index contributed by atoms with van der Waals surface area (Å²) in [6, 6.07) is 16.1. The van der Waals surface area contributed by atoms with Crippen molar-refractivity contribution >= 4 is 35.0 Å². The Morgan fingerprint density at radius 3 is 2.55 bits per heavy atom. The summed E-state index contributed by atoms with van der Waals surface area (Å²) in [6.45, 7) is 4.67. The highest BCUT2D eigenvalue weighted by Gasteiger charge is 2.26. The van der Waals surface area contributed by atoms with E-state index < -0.39 is 0 Å². The Labute approximate surface area is 192 Å². The van der Waals surface area contributed by atoms with Gasteiger partial charge in [0.05, 0.1) is 10.8 Å². The van der Waals surface area contributed by atoms with Crippen molar-refractivity contribution in [2.75, 3.05) is 17.2 Å². The molecule has 1 saturated carbocycles. The highest BCUT2D eigenvalue weighted by molar-refractivity contribution is 7.99. The number of benzene rings is 2. The number of rotatable bonds is 7. The molecule has 1 heterocycles. The van der Waals surface area contributed by atoms with Crippen LogP contribution < -0.4 is 4.90 Å². The molecule has 31 heavy (non-hydrogen) atoms. The Morgan fingerprint density at radius 1 is 1.13 bits per heavy atom. The molecule has 1 aliphatic rings. The van der Waals surface area contributed by atoms with Crippen molar-refractivity contribution in [1.29, 1.82) is 0 Å². The lowest BCUT2D eigenvalue weighted by Gasteiger charge is -2.23. The van der Waals surface area contributed by atoms with Crippen LogP contribution in [0.3, 0.4) is 0 Å². The van der Waals surface area contributed by atoms with Crippen molar-refractivity contribution in [3.63, 3.8) is 0 Å². The molecule has 162 valence electrons. The van der Waals surface area contributed by atoms with Crippen LogP contribution in [0.15, 0.2) is 53.7 Å². The number of aromatic nitrogens is 3. The largest absolute Gasteiger partial charge is 0.312 e. The molecule has 0 saturated heterocycles. The first kappa shape index (κ1) is 21.9. The van der Waals surface area contributed by atoms with Crippen LogP contribution in [0, 0.1) is 6.92 Å². The van der Waals surface area contributed by atoms with Gasteiger partial charge in [0, 0.05) is 23.8 Å². The molecule has 5 nitrogen and oxygen atoms in total. The highest BCUT2D eigenvalue weighted by atomic mass is 35.5. The Bertz CT molecular complexity index is 1060. The van der Waals surface area contributed by atoms with Crippen molar-refractivity contribution in [1.82, 2.24) is 14.8 Å². The molecule has 1 fully saturated rings. The number of anilines is 1. The van der Waals surface area contributed by atoms with Gasteiger partial charge in [-0.05, 0) is 50.5 Å². The number of aryl methyl sites for hydroxylation is 1. The van der Waals surface area contributed by atoms with Crippen LogP contribution in [0.2, 0.25) is 5.02 Å². The molecule has 1 aliphatic carbocycles. The summed E-state index contributed by atoms with van der Waals surface area (Å²) < 4.78 is 2.20. The molecule has 0 radical (unpaired) electrons. The van der Waals surface area contributed by atoms with Crippen LogP contribution in [0.4, 0.5) is 5.69 Å². The van der Waals surface area contributed by atoms with E-state index in [4.69, 9.17) is 11.6 Å². The van der Waals surface area contributed by atoms with Crippen LogP contribution in [-0.4, -0.2) is 33.0 Å². The van der Waals surface area contributed by atoms with Crippen molar-refractivity contribution in [2.45, 2.75) is 50.7 Å². The molecule has 2 aromatic carbocycles. The Kier molecular flexibility index (Phi) is 6.98. The summed E-state index contributed by atoms with van der Waals surface area (Å²) in [4.78, 5) is 14.9. The van der Waals surface area contributed by atoms with Gasteiger partial charge in [-0.15, -0.1) is 10.2 Å². The molecular formula is C24H27ClN4OS. The topological polar surface area (TPSA) is 51.0 Å². The molecule has 1 amide bonds. The monoisotopic (exact) mass is 454 g/mol. The third kappa shape index (κ3) is 4.65. The molecule has 4 rings (SSSR count). The summed E-state index contributed by atoms with van der Waals surface area (Å²) in [6.07, 6.45) is 4.60. The number of nitrogens with zero attached hydrogens (tertiary/aromatic N) is 4. The van der Waals surface area contributed by atoms with Crippen LogP contribution in [0.25, 0.3) is 11.4 Å². The fourth-order valence-electron chi connectivity index (χ4n) is 4.24. The minimum atomic E-state index is 0.0714. The van der Waals surface area contributed by atoms with Gasteiger partial charge in [-0.2, -0.15) is 0 Å². The zero-order chi connectivity index (χ0) is 21.8. The first-order valence-electron chi connectivity index (χ1n) is 10.8. The highest BCUT2D eigenvalue weighted by Crippen LogP contribution is 2.38. The third-order valence-electron chi connectivity index (χ3n) is 5.82. The number of amides is 1. The summed E-state index contributed by atoms with van der Waals surface area (Å²) in [5.41, 5.74) is 2.94. The second-order valence-corrected chi connectivity index (χ2v) is 9.16. The molecule has 1 aromatic heterocycles. The summed E-state index contributed by atoms with van der Waals surface area (Å²) in [5.74, 6) is 1.18. The maximum atomic E-state index is 13.1. The normalized spacial score (nSPS) is 14.2. The number of carbonyl (C=O) groups excluding carboxylic acids is 1. The predicted molar refractivity (Wildman–Crippen MR) is 128 cm³/mol. The van der Waals surface area contributed by atoms with Gasteiger partial charge in [-0.25, -0.2) is 0 Å². The molecule has 0 unspecified atom stereocenters. The van der Waals surface area contributed by atoms with Crippen molar-refractivity contribution < 1.29 is 4.79 Å². The summed E-state index contributed by atoms with van der Waals surface area (Å²) in [5, 5.41) is 10.4. The first-order chi connectivity index (χ1) is 15.1. The molecule has 0 spiro atoms. The van der Waals surface area contributed by atoms with Gasteiger partial charge in [0.15, 0.2) is 11.0 Å². The molecule has 0 atom stereocenters. The SMILES string of the molecule is CCN(C(=O)CSc1nnc(-c2ccccc2Cl)n1C1CCCC1)c1ccccc1C. The van der Waals surface area contributed by atoms with E-state index in [1.807, 2.05) is 67.3 Å². The average Bonchev–Trinajstić information content (AvgIpc) is 3.44. The fourth-order valence-corrected chi connectivity index (χ4v) is 5.35. The third-order valence-corrected chi connectivity index (χ3v) is 7.07. The standard InChI is InChI=1S/C24H27ClN4OS/c1-3-28(21-15-9-4-10-17(21)2)22(30)16-31-24-27-26-23(19-13-7-8-14-20(19)25)29(24)18-11-5-6-12-18/h4,7-10,13-15,18H,3,5-6,11-12,16H2,1-2H3. The van der Waals surface area contributed by atoms with Gasteiger partial charge in [0.1, 0.15) is 0 Å². The average molecular weight is 455 g/mol. The van der Waals surface area contributed by atoms with Crippen molar-refractivity contribution in [3.8, 4) is 11.4 Å². The van der Waals surface area contributed by atoms with E-state index >= 15 is 0 Å². The summed E-state index contributed by atoms with van der Waals surface area (Å²) in [7, 11) is 0. The lowest BCUT2D eigenvalue weighted by Crippen LogP contribution is -2.32. The van der Waals surface area contributed by atoms with Gasteiger partial charge in [-0.1, -0.05) is 66.5 Å². The maximum absolute atomic E-state index is 13.1. The van der Waals surface area contributed by atoms with Gasteiger partial charge in [0.2, 0.25) is 5.91 Å². The second-order valence-electron chi connectivity index (χ2n) is 7.81. The number of carbonyl (C=O) groups is 1. The van der Waals surface area contributed by atoms with Crippen LogP contribution in [0.1, 0.15) is 44.2 Å². The number of hydrogen-bond donors (Lipinski definition) is 0. The predicted octanol–water partition coefficient (Wildman–Crippen LogP) is 6.17. The van der Waals surface area contributed by atoms with Crippen LogP contribution in [0.5, 0.6) is 0 Å². The Morgan fingerprint density at radius 2 is 1.84 bits per heavy atom. The lowest BCUT2D eigenvalue weighted by molar-refractivity contribution is -0.116. The zero-order valence-corrected chi connectivity index (χ0v) is 19.5. The van der Waals surface area contributed by atoms with E-state index in [1.165, 1.54) is 24.6 Å². The molecule has 0 aliphatic heterocycles. The second kappa shape index (κ2) is 9.88. The maximum Gasteiger partial charge on any atom is 0.237 e. The molecule has 0 N–H and O–H groups in total. The number of halogens is 1. The Hall–Kier alpha value is -2.31. The van der Waals surface area contributed by atoms with E-state index in [1.54, 1.807) is 0 Å².